The van der Waals surface area contributed by atoms with E-state index in [1.165, 1.54) is 12.4 Å². The number of benzene rings is 1. The van der Waals surface area contributed by atoms with E-state index < -0.39 is 12.1 Å². The molecule has 1 N–H and O–H groups in total. The number of halogens is 3. The molecule has 0 unspecified atom stereocenters. The molecular weight excluding hydrogens is 261 g/mol. The number of phenolic OH excluding ortho intramolecular Hbond substituents is 1. The number of phenols is 1. The van der Waals surface area contributed by atoms with Crippen LogP contribution in [0.2, 0.25) is 0 Å². The van der Waals surface area contributed by atoms with Gasteiger partial charge in [-0.2, -0.15) is 0 Å². The van der Waals surface area contributed by atoms with Gasteiger partial charge in [0.05, 0.1) is 17.6 Å². The van der Waals surface area contributed by atoms with Crippen LogP contribution >= 0.6 is 0 Å². The molecule has 0 bridgehead atoms. The maximum absolute atomic E-state index is 12.1. The zero-order valence-corrected chi connectivity index (χ0v) is 9.77. The summed E-state index contributed by atoms with van der Waals surface area (Å²) in [6.07, 6.45) is -1.94. The maximum Gasteiger partial charge on any atom is 0.573 e. The molecule has 2 rings (SSSR count). The van der Waals surface area contributed by atoms with E-state index in [9.17, 15) is 18.3 Å². The van der Waals surface area contributed by atoms with Crippen LogP contribution in [0.15, 0.2) is 30.6 Å². The zero-order chi connectivity index (χ0) is 14.0. The zero-order valence-electron chi connectivity index (χ0n) is 9.77. The lowest BCUT2D eigenvalue weighted by atomic mass is 10.1. The number of aromatic nitrogens is 2. The fraction of sp³-hybridized carbons (Fsp3) is 0.167. The van der Waals surface area contributed by atoms with Crippen LogP contribution < -0.4 is 4.74 Å². The molecule has 0 saturated heterocycles. The van der Waals surface area contributed by atoms with Crippen molar-refractivity contribution in [3.05, 3.63) is 36.3 Å². The predicted octanol–water partition coefficient (Wildman–Crippen LogP) is 3.06. The van der Waals surface area contributed by atoms with E-state index in [0.29, 0.717) is 5.69 Å². The highest BCUT2D eigenvalue weighted by Gasteiger charge is 2.31. The molecule has 19 heavy (non-hydrogen) atoms. The van der Waals surface area contributed by atoms with Crippen LogP contribution in [0.4, 0.5) is 13.2 Å². The summed E-state index contributed by atoms with van der Waals surface area (Å²) in [5.74, 6) is -0.627. The Labute approximate surface area is 106 Å². The van der Waals surface area contributed by atoms with Crippen LogP contribution in [-0.4, -0.2) is 21.4 Å². The van der Waals surface area contributed by atoms with Crippen LogP contribution in [0.5, 0.6) is 11.5 Å². The Balaban J connectivity index is 2.43. The first-order valence-corrected chi connectivity index (χ1v) is 5.23. The third kappa shape index (κ3) is 3.34. The summed E-state index contributed by atoms with van der Waals surface area (Å²) in [7, 11) is 0. The summed E-state index contributed by atoms with van der Waals surface area (Å²) in [5, 5.41) is 9.67. The largest absolute Gasteiger partial charge is 0.573 e. The van der Waals surface area contributed by atoms with Crippen LogP contribution in [0.25, 0.3) is 11.3 Å². The van der Waals surface area contributed by atoms with Crippen molar-refractivity contribution in [1.29, 1.82) is 0 Å². The lowest BCUT2D eigenvalue weighted by Gasteiger charge is -2.11. The van der Waals surface area contributed by atoms with Crippen molar-refractivity contribution in [3.63, 3.8) is 0 Å². The second-order valence-corrected chi connectivity index (χ2v) is 3.77. The fourth-order valence-electron chi connectivity index (χ4n) is 1.51. The molecule has 100 valence electrons. The molecule has 1 aromatic carbocycles. The van der Waals surface area contributed by atoms with Crippen molar-refractivity contribution >= 4 is 0 Å². The fourth-order valence-corrected chi connectivity index (χ4v) is 1.51. The summed E-state index contributed by atoms with van der Waals surface area (Å²) in [6.45, 7) is 1.68. The van der Waals surface area contributed by atoms with Crippen molar-refractivity contribution in [3.8, 4) is 22.8 Å². The number of aryl methyl sites for hydroxylation is 1. The standard InChI is InChI=1S/C12H9F3N2O2/c1-7-5-16-6-10(17-7)9-4-8(2-3-11(9)18)19-12(13,14)15/h2-6,18H,1H3. The first-order chi connectivity index (χ1) is 8.85. The normalized spacial score (nSPS) is 11.4. The van der Waals surface area contributed by atoms with Gasteiger partial charge in [0, 0.05) is 11.8 Å². The Hall–Kier alpha value is -2.31. The van der Waals surface area contributed by atoms with Crippen LogP contribution in [-0.2, 0) is 0 Å². The topological polar surface area (TPSA) is 55.2 Å². The minimum absolute atomic E-state index is 0.123. The van der Waals surface area contributed by atoms with Gasteiger partial charge < -0.3 is 9.84 Å². The number of rotatable bonds is 2. The van der Waals surface area contributed by atoms with Crippen molar-refractivity contribution in [2.45, 2.75) is 13.3 Å². The Morgan fingerprint density at radius 3 is 2.58 bits per heavy atom. The smallest absolute Gasteiger partial charge is 0.507 e. The van der Waals surface area contributed by atoms with Crippen molar-refractivity contribution in [2.24, 2.45) is 0 Å². The second-order valence-electron chi connectivity index (χ2n) is 3.77. The molecule has 4 nitrogen and oxygen atoms in total. The van der Waals surface area contributed by atoms with Gasteiger partial charge in [-0.3, -0.25) is 4.98 Å². The molecule has 1 heterocycles. The van der Waals surface area contributed by atoms with Crippen LogP contribution in [0, 0.1) is 6.92 Å². The second kappa shape index (κ2) is 4.75. The van der Waals surface area contributed by atoms with Gasteiger partial charge in [-0.15, -0.1) is 13.2 Å². The lowest BCUT2D eigenvalue weighted by Crippen LogP contribution is -2.17. The van der Waals surface area contributed by atoms with E-state index in [2.05, 4.69) is 14.7 Å². The van der Waals surface area contributed by atoms with Gasteiger partial charge in [0.25, 0.3) is 0 Å². The number of alkyl halides is 3. The van der Waals surface area contributed by atoms with Gasteiger partial charge in [-0.1, -0.05) is 0 Å². The first-order valence-electron chi connectivity index (χ1n) is 5.23. The number of hydrogen-bond acceptors (Lipinski definition) is 4. The van der Waals surface area contributed by atoms with E-state index in [1.54, 1.807) is 6.92 Å². The lowest BCUT2D eigenvalue weighted by molar-refractivity contribution is -0.274. The molecule has 0 aliphatic heterocycles. The van der Waals surface area contributed by atoms with Crippen LogP contribution in [0.1, 0.15) is 5.69 Å². The first kappa shape index (κ1) is 13.1. The summed E-state index contributed by atoms with van der Waals surface area (Å²) in [4.78, 5) is 7.95. The van der Waals surface area contributed by atoms with Gasteiger partial charge in [-0.25, -0.2) is 4.98 Å². The highest BCUT2D eigenvalue weighted by atomic mass is 19.4. The van der Waals surface area contributed by atoms with E-state index in [1.807, 2.05) is 0 Å². The summed E-state index contributed by atoms with van der Waals surface area (Å²) in [5.41, 5.74) is 0.974. The molecule has 0 aliphatic rings. The average Bonchev–Trinajstić information content (AvgIpc) is 2.30. The molecule has 1 aromatic heterocycles. The number of aromatic hydroxyl groups is 1. The molecule has 0 spiro atoms. The summed E-state index contributed by atoms with van der Waals surface area (Å²) in [6, 6.07) is 3.20. The molecular formula is C12H9F3N2O2. The molecule has 0 saturated carbocycles. The average molecular weight is 270 g/mol. The minimum Gasteiger partial charge on any atom is -0.507 e. The van der Waals surface area contributed by atoms with E-state index in [4.69, 9.17) is 0 Å². The monoisotopic (exact) mass is 270 g/mol. The van der Waals surface area contributed by atoms with Gasteiger partial charge in [0.15, 0.2) is 0 Å². The van der Waals surface area contributed by atoms with E-state index in [-0.39, 0.29) is 17.0 Å². The quantitative estimate of drug-likeness (QED) is 0.911. The van der Waals surface area contributed by atoms with E-state index in [0.717, 1.165) is 18.2 Å². The molecule has 0 radical (unpaired) electrons. The molecule has 0 amide bonds. The van der Waals surface area contributed by atoms with Gasteiger partial charge in [-0.05, 0) is 25.1 Å². The Kier molecular flexibility index (Phi) is 3.28. The molecule has 0 fully saturated rings. The van der Waals surface area contributed by atoms with Gasteiger partial charge >= 0.3 is 6.36 Å². The highest BCUT2D eigenvalue weighted by Crippen LogP contribution is 2.33. The Bertz CT molecular complexity index is 600. The molecule has 2 aromatic rings. The van der Waals surface area contributed by atoms with Crippen molar-refractivity contribution in [2.75, 3.05) is 0 Å². The SMILES string of the molecule is Cc1cncc(-c2cc(OC(F)(F)F)ccc2O)n1. The molecule has 0 atom stereocenters. The third-order valence-electron chi connectivity index (χ3n) is 2.23. The minimum atomic E-state index is -4.79. The highest BCUT2D eigenvalue weighted by molar-refractivity contribution is 5.68. The maximum atomic E-state index is 12.1. The number of nitrogens with zero attached hydrogens (tertiary/aromatic N) is 2. The van der Waals surface area contributed by atoms with Crippen molar-refractivity contribution < 1.29 is 23.0 Å². The molecule has 7 heteroatoms. The van der Waals surface area contributed by atoms with Gasteiger partial charge in [0.2, 0.25) is 0 Å². The summed E-state index contributed by atoms with van der Waals surface area (Å²) < 4.78 is 40.2. The predicted molar refractivity (Wildman–Crippen MR) is 60.6 cm³/mol. The Morgan fingerprint density at radius 2 is 1.95 bits per heavy atom. The van der Waals surface area contributed by atoms with Crippen LogP contribution in [0.3, 0.4) is 0 Å². The van der Waals surface area contributed by atoms with Gasteiger partial charge in [0.1, 0.15) is 11.5 Å². The number of hydrogen-bond donors (Lipinski definition) is 1. The molecule has 0 aliphatic carbocycles. The number of ether oxygens (including phenoxy) is 1. The Morgan fingerprint density at radius 1 is 1.21 bits per heavy atom. The van der Waals surface area contributed by atoms with Crippen molar-refractivity contribution in [1.82, 2.24) is 9.97 Å². The third-order valence-corrected chi connectivity index (χ3v) is 2.23. The summed E-state index contributed by atoms with van der Waals surface area (Å²) >= 11 is 0. The van der Waals surface area contributed by atoms with E-state index >= 15 is 0 Å².